The van der Waals surface area contributed by atoms with Crippen molar-refractivity contribution < 1.29 is 24.5 Å². The molecule has 39 heavy (non-hydrogen) atoms. The summed E-state index contributed by atoms with van der Waals surface area (Å²) in [6, 6.07) is 4.58. The second-order valence-corrected chi connectivity index (χ2v) is 9.13. The van der Waals surface area contributed by atoms with E-state index in [0.717, 1.165) is 51.4 Å². The normalized spacial score (nSPS) is 13.0. The summed E-state index contributed by atoms with van der Waals surface area (Å²) in [5, 5.41) is 22.0. The van der Waals surface area contributed by atoms with Crippen LogP contribution in [0.15, 0.2) is 79.0 Å². The molecule has 0 bridgehead atoms. The van der Waals surface area contributed by atoms with E-state index in [4.69, 9.17) is 9.84 Å². The molecule has 1 unspecified atom stereocenters. The lowest BCUT2D eigenvalue weighted by molar-refractivity contribution is -0.133. The molecule has 0 aliphatic rings. The van der Waals surface area contributed by atoms with Crippen LogP contribution >= 0.6 is 0 Å². The van der Waals surface area contributed by atoms with Crippen LogP contribution in [0.5, 0.6) is 5.75 Å². The third kappa shape index (κ3) is 16.2. The molecule has 0 fully saturated rings. The van der Waals surface area contributed by atoms with Crippen molar-refractivity contribution >= 4 is 11.9 Å². The van der Waals surface area contributed by atoms with E-state index in [0.29, 0.717) is 31.6 Å². The number of ether oxygens (including phenoxy) is 1. The van der Waals surface area contributed by atoms with Gasteiger partial charge < -0.3 is 20.3 Å². The fraction of sp³-hybridized carbons (Fsp3) is 0.455. The van der Waals surface area contributed by atoms with Gasteiger partial charge in [-0.1, -0.05) is 86.7 Å². The fourth-order valence-corrected chi connectivity index (χ4v) is 3.74. The number of phenols is 1. The molecule has 0 radical (unpaired) electrons. The highest BCUT2D eigenvalue weighted by Crippen LogP contribution is 2.22. The van der Waals surface area contributed by atoms with Gasteiger partial charge in [0.15, 0.2) is 0 Å². The number of allylic oxidation sites excluding steroid dienone is 10. The van der Waals surface area contributed by atoms with Gasteiger partial charge in [-0.2, -0.15) is 0 Å². The van der Waals surface area contributed by atoms with Gasteiger partial charge in [0.05, 0.1) is 0 Å². The molecule has 1 amide bonds. The summed E-state index contributed by atoms with van der Waals surface area (Å²) in [7, 11) is 0. The maximum atomic E-state index is 12.4. The number of nitrogens with one attached hydrogen (secondary N) is 1. The Kier molecular flexibility index (Phi) is 19.5. The molecule has 6 heteroatoms. The van der Waals surface area contributed by atoms with E-state index in [9.17, 15) is 14.7 Å². The molecule has 0 saturated carbocycles. The second-order valence-electron chi connectivity index (χ2n) is 9.13. The van der Waals surface area contributed by atoms with Crippen molar-refractivity contribution in [1.29, 1.82) is 0 Å². The summed E-state index contributed by atoms with van der Waals surface area (Å²) in [6.07, 6.45) is 30.2. The van der Waals surface area contributed by atoms with Gasteiger partial charge in [-0.3, -0.25) is 4.79 Å². The third-order valence-corrected chi connectivity index (χ3v) is 5.95. The molecular weight excluding hydrogens is 490 g/mol. The fourth-order valence-electron chi connectivity index (χ4n) is 3.74. The van der Waals surface area contributed by atoms with Crippen LogP contribution in [0.1, 0.15) is 87.6 Å². The Morgan fingerprint density at radius 3 is 2.03 bits per heavy atom. The smallest absolute Gasteiger partial charge is 0.339 e. The predicted octanol–water partition coefficient (Wildman–Crippen LogP) is 7.47. The van der Waals surface area contributed by atoms with Gasteiger partial charge in [-0.05, 0) is 75.8 Å². The molecule has 0 aliphatic carbocycles. The van der Waals surface area contributed by atoms with Crippen molar-refractivity contribution in [3.63, 3.8) is 0 Å². The molecule has 0 aliphatic heterocycles. The summed E-state index contributed by atoms with van der Waals surface area (Å²) in [5.41, 5.74) is 0.345. The Bertz CT molecular complexity index is 974. The minimum atomic E-state index is -1.18. The van der Waals surface area contributed by atoms with Gasteiger partial charge in [-0.15, -0.1) is 0 Å². The average molecular weight is 538 g/mol. The van der Waals surface area contributed by atoms with Crippen molar-refractivity contribution in [2.24, 2.45) is 0 Å². The minimum Gasteiger partial charge on any atom is -0.507 e. The molecule has 0 aromatic heterocycles. The van der Waals surface area contributed by atoms with Crippen molar-refractivity contribution in [3.05, 3.63) is 90.1 Å². The van der Waals surface area contributed by atoms with Gasteiger partial charge in [0.2, 0.25) is 5.91 Å². The van der Waals surface area contributed by atoms with E-state index >= 15 is 0 Å². The summed E-state index contributed by atoms with van der Waals surface area (Å²) in [6.45, 7) is 4.87. The van der Waals surface area contributed by atoms with E-state index in [1.165, 1.54) is 6.07 Å². The summed E-state index contributed by atoms with van der Waals surface area (Å²) in [5.74, 6) is -1.63. The zero-order valence-electron chi connectivity index (χ0n) is 23.7. The van der Waals surface area contributed by atoms with Gasteiger partial charge in [0.1, 0.15) is 17.4 Å². The van der Waals surface area contributed by atoms with Crippen LogP contribution in [0.4, 0.5) is 0 Å². The first kappa shape index (κ1) is 33.6. The standard InChI is InChI=1S/C33H47NO5/c1-3-5-6-7-8-9-10-11-12-13-14-15-16-17-18-19-20-21-27-39-30(4-2)32(36)34-26-25-28-23-22-24-29(31(28)35)33(37)38/h5-6,8-9,11-12,14-15,17-18,22-24,30,35H,3-4,7,10,13,16,19-21,25-27H2,1-2H3,(H,34,36)(H,37,38)/b6-5-,9-8-,12-11-,15-14-,18-17-. The molecule has 1 rings (SSSR count). The number of benzene rings is 1. The number of carbonyl (C=O) groups is 2. The van der Waals surface area contributed by atoms with Crippen molar-refractivity contribution in [2.45, 2.75) is 84.2 Å². The molecule has 6 nitrogen and oxygen atoms in total. The third-order valence-electron chi connectivity index (χ3n) is 5.95. The maximum Gasteiger partial charge on any atom is 0.339 e. The number of hydrogen-bond acceptors (Lipinski definition) is 4. The molecule has 0 saturated heterocycles. The molecule has 1 atom stereocenters. The van der Waals surface area contributed by atoms with E-state index in [2.05, 4.69) is 73.0 Å². The highest BCUT2D eigenvalue weighted by Gasteiger charge is 2.17. The Hall–Kier alpha value is -3.38. The lowest BCUT2D eigenvalue weighted by atomic mass is 10.1. The lowest BCUT2D eigenvalue weighted by Gasteiger charge is -2.16. The second kappa shape index (κ2) is 22.6. The number of carboxylic acids is 1. The number of unbranched alkanes of at least 4 members (excludes halogenated alkanes) is 2. The number of aromatic carboxylic acids is 1. The monoisotopic (exact) mass is 537 g/mol. The molecule has 1 aromatic rings. The SMILES string of the molecule is CC/C=C\C/C=C\C/C=C\C/C=C\C/C=C\CCCCOC(CC)C(=O)NCCc1cccc(C(=O)O)c1O. The number of rotatable bonds is 21. The Morgan fingerprint density at radius 2 is 1.46 bits per heavy atom. The summed E-state index contributed by atoms with van der Waals surface area (Å²) in [4.78, 5) is 23.6. The van der Waals surface area contributed by atoms with Crippen LogP contribution in [0.2, 0.25) is 0 Å². The Morgan fingerprint density at radius 1 is 0.872 bits per heavy atom. The van der Waals surface area contributed by atoms with Crippen LogP contribution in [-0.2, 0) is 16.0 Å². The highest BCUT2D eigenvalue weighted by atomic mass is 16.5. The topological polar surface area (TPSA) is 95.9 Å². The van der Waals surface area contributed by atoms with Crippen molar-refractivity contribution in [1.82, 2.24) is 5.32 Å². The van der Waals surface area contributed by atoms with E-state index < -0.39 is 12.1 Å². The van der Waals surface area contributed by atoms with Gasteiger partial charge in [-0.25, -0.2) is 4.79 Å². The molecular formula is C33H47NO5. The number of amides is 1. The summed E-state index contributed by atoms with van der Waals surface area (Å²) < 4.78 is 5.77. The molecule has 1 aromatic carbocycles. The highest BCUT2D eigenvalue weighted by molar-refractivity contribution is 5.91. The van der Waals surface area contributed by atoms with Crippen LogP contribution in [0.3, 0.4) is 0 Å². The number of aromatic hydroxyl groups is 1. The Balaban J connectivity index is 2.12. The van der Waals surface area contributed by atoms with Crippen LogP contribution < -0.4 is 5.32 Å². The van der Waals surface area contributed by atoms with Crippen LogP contribution in [0, 0.1) is 0 Å². The van der Waals surface area contributed by atoms with Crippen molar-refractivity contribution in [3.8, 4) is 5.75 Å². The first-order valence-electron chi connectivity index (χ1n) is 14.2. The van der Waals surface area contributed by atoms with E-state index in [-0.39, 0.29) is 17.2 Å². The number of carboxylic acid groups (broad SMARTS) is 1. The molecule has 0 spiro atoms. The largest absolute Gasteiger partial charge is 0.507 e. The van der Waals surface area contributed by atoms with Gasteiger partial charge >= 0.3 is 5.97 Å². The molecule has 214 valence electrons. The quantitative estimate of drug-likeness (QED) is 0.112. The number of carbonyl (C=O) groups excluding carboxylic acids is 1. The molecule has 0 heterocycles. The van der Waals surface area contributed by atoms with Gasteiger partial charge in [0, 0.05) is 13.2 Å². The Labute approximate surface area is 234 Å². The first-order valence-corrected chi connectivity index (χ1v) is 14.2. The van der Waals surface area contributed by atoms with Crippen molar-refractivity contribution in [2.75, 3.05) is 13.2 Å². The summed E-state index contributed by atoms with van der Waals surface area (Å²) >= 11 is 0. The first-order chi connectivity index (χ1) is 19.0. The number of para-hydroxylation sites is 1. The average Bonchev–Trinajstić information content (AvgIpc) is 2.92. The van der Waals surface area contributed by atoms with Gasteiger partial charge in [0.25, 0.3) is 0 Å². The lowest BCUT2D eigenvalue weighted by Crippen LogP contribution is -2.37. The number of hydrogen-bond donors (Lipinski definition) is 3. The zero-order valence-corrected chi connectivity index (χ0v) is 23.7. The minimum absolute atomic E-state index is 0.141. The predicted molar refractivity (Wildman–Crippen MR) is 160 cm³/mol. The maximum absolute atomic E-state index is 12.4. The van der Waals surface area contributed by atoms with Crippen LogP contribution in [0.25, 0.3) is 0 Å². The molecule has 3 N–H and O–H groups in total. The van der Waals surface area contributed by atoms with E-state index in [1.807, 2.05) is 6.92 Å². The van der Waals surface area contributed by atoms with E-state index in [1.54, 1.807) is 12.1 Å². The van der Waals surface area contributed by atoms with Crippen LogP contribution in [-0.4, -0.2) is 41.3 Å². The zero-order chi connectivity index (χ0) is 28.6.